The molecule has 3 aliphatic carbocycles. The fourth-order valence-corrected chi connectivity index (χ4v) is 10.7. The molecule has 3 heterocycles. The van der Waals surface area contributed by atoms with Crippen molar-refractivity contribution < 1.29 is 46.6 Å². The zero-order chi connectivity index (χ0) is 49.4. The Bertz CT molecular complexity index is 2490. The van der Waals surface area contributed by atoms with Crippen LogP contribution in [-0.4, -0.2) is 113 Å². The quantitative estimate of drug-likeness (QED) is 0.100. The lowest BCUT2D eigenvalue weighted by molar-refractivity contribution is -0.143. The van der Waals surface area contributed by atoms with Gasteiger partial charge in [-0.2, -0.15) is 0 Å². The molecule has 2 saturated carbocycles. The van der Waals surface area contributed by atoms with E-state index in [9.17, 15) is 37.2 Å². The SMILES string of the molecule is C=CC1C=CC1(NC(=O)C1CCCN1C(=O)C(NC(=O)OC1CC1CCCCCc1c(OCC2CCN(C(=O)OC(C)(C)C)C2)c2ccccc2[nH]c1=O)C(C)(C)C)C(=O)NS(=O)(=O)C1(C)CC1. The van der Waals surface area contributed by atoms with E-state index in [0.717, 1.165) is 37.5 Å². The molecule has 0 bridgehead atoms. The van der Waals surface area contributed by atoms with Crippen LogP contribution in [0, 0.1) is 23.2 Å². The Morgan fingerprint density at radius 2 is 1.75 bits per heavy atom. The van der Waals surface area contributed by atoms with Gasteiger partial charge in [-0.1, -0.05) is 64.0 Å². The summed E-state index contributed by atoms with van der Waals surface area (Å²) in [6, 6.07) is 5.58. The van der Waals surface area contributed by atoms with Crippen LogP contribution in [0.25, 0.3) is 10.9 Å². The van der Waals surface area contributed by atoms with E-state index in [-0.39, 0.29) is 36.1 Å². The van der Waals surface area contributed by atoms with Crippen LogP contribution in [0.2, 0.25) is 0 Å². The summed E-state index contributed by atoms with van der Waals surface area (Å²) in [5.41, 5.74) is -1.93. The molecule has 7 atom stereocenters. The van der Waals surface area contributed by atoms with Crippen molar-refractivity contribution in [2.24, 2.45) is 23.2 Å². The van der Waals surface area contributed by atoms with Crippen molar-refractivity contribution in [3.8, 4) is 5.75 Å². The summed E-state index contributed by atoms with van der Waals surface area (Å²) in [4.78, 5) is 87.3. The highest BCUT2D eigenvalue weighted by atomic mass is 32.2. The predicted octanol–water partition coefficient (Wildman–Crippen LogP) is 6.01. The van der Waals surface area contributed by atoms with Crippen molar-refractivity contribution in [1.82, 2.24) is 30.1 Å². The number of ether oxygens (including phenoxy) is 3. The Labute approximate surface area is 399 Å². The van der Waals surface area contributed by atoms with Gasteiger partial charge in [0.25, 0.3) is 11.5 Å². The summed E-state index contributed by atoms with van der Waals surface area (Å²) in [6.45, 7) is 18.0. The second kappa shape index (κ2) is 19.5. The fourth-order valence-electron chi connectivity index (χ4n) is 9.40. The third-order valence-electron chi connectivity index (χ3n) is 14.1. The maximum atomic E-state index is 14.2. The number of aromatic nitrogens is 1. The minimum absolute atomic E-state index is 0.100. The number of sulfonamides is 1. The van der Waals surface area contributed by atoms with E-state index in [4.69, 9.17) is 14.2 Å². The Balaban J connectivity index is 0.883. The van der Waals surface area contributed by atoms with E-state index in [1.807, 2.05) is 65.8 Å². The molecule has 68 heavy (non-hydrogen) atoms. The number of para-hydroxylation sites is 1. The molecule has 4 N–H and O–H groups in total. The fraction of sp³-hybridized carbons (Fsp3) is 0.640. The van der Waals surface area contributed by atoms with Crippen LogP contribution < -0.4 is 25.7 Å². The van der Waals surface area contributed by atoms with Gasteiger partial charge in [0.2, 0.25) is 21.8 Å². The molecule has 372 valence electrons. The van der Waals surface area contributed by atoms with Crippen LogP contribution in [0.1, 0.15) is 118 Å². The minimum atomic E-state index is -4.00. The molecule has 18 heteroatoms. The van der Waals surface area contributed by atoms with E-state index in [0.29, 0.717) is 75.1 Å². The molecular weight excluding hydrogens is 893 g/mol. The predicted molar refractivity (Wildman–Crippen MR) is 256 cm³/mol. The maximum Gasteiger partial charge on any atom is 0.410 e. The number of nitrogens with zero attached hydrogens (tertiary/aromatic N) is 2. The number of aromatic amines is 1. The molecule has 4 fully saturated rings. The lowest BCUT2D eigenvalue weighted by Crippen LogP contribution is -2.68. The van der Waals surface area contributed by atoms with Gasteiger partial charge in [0, 0.05) is 36.9 Å². The number of carbonyl (C=O) groups excluding carboxylic acids is 5. The number of fused-ring (bicyclic) bond motifs is 1. The summed E-state index contributed by atoms with van der Waals surface area (Å²) in [7, 11) is -4.00. The van der Waals surface area contributed by atoms with Gasteiger partial charge in [-0.25, -0.2) is 18.0 Å². The molecule has 0 spiro atoms. The lowest BCUT2D eigenvalue weighted by Gasteiger charge is -2.42. The first-order valence-corrected chi connectivity index (χ1v) is 25.7. The molecule has 7 unspecified atom stereocenters. The molecule has 2 aliphatic heterocycles. The highest BCUT2D eigenvalue weighted by Crippen LogP contribution is 2.43. The van der Waals surface area contributed by atoms with Crippen molar-refractivity contribution in [3.63, 3.8) is 0 Å². The van der Waals surface area contributed by atoms with Gasteiger partial charge < -0.3 is 39.6 Å². The maximum absolute atomic E-state index is 14.2. The molecule has 7 rings (SSSR count). The van der Waals surface area contributed by atoms with E-state index in [1.54, 1.807) is 17.9 Å². The van der Waals surface area contributed by atoms with Crippen LogP contribution in [-0.2, 0) is 40.3 Å². The number of amides is 5. The van der Waals surface area contributed by atoms with Crippen molar-refractivity contribution in [2.45, 2.75) is 153 Å². The highest BCUT2D eigenvalue weighted by Gasteiger charge is 2.56. The van der Waals surface area contributed by atoms with Crippen LogP contribution >= 0.6 is 0 Å². The Morgan fingerprint density at radius 3 is 2.41 bits per heavy atom. The summed E-state index contributed by atoms with van der Waals surface area (Å²) in [6.07, 6.45) is 10.1. The van der Waals surface area contributed by atoms with Gasteiger partial charge >= 0.3 is 12.2 Å². The van der Waals surface area contributed by atoms with E-state index < -0.39 is 73.1 Å². The average molecular weight is 963 g/mol. The summed E-state index contributed by atoms with van der Waals surface area (Å²) >= 11 is 0. The normalized spacial score (nSPS) is 25.5. The number of hydrogen-bond donors (Lipinski definition) is 4. The third kappa shape index (κ3) is 11.2. The van der Waals surface area contributed by atoms with Crippen LogP contribution in [0.3, 0.4) is 0 Å². The highest BCUT2D eigenvalue weighted by molar-refractivity contribution is 7.91. The first-order chi connectivity index (χ1) is 31.9. The monoisotopic (exact) mass is 962 g/mol. The van der Waals surface area contributed by atoms with Crippen LogP contribution in [0.15, 0.2) is 53.9 Å². The molecule has 2 aromatic rings. The molecule has 2 saturated heterocycles. The molecule has 5 amide bonds. The molecular formula is C50H70N6O11S. The summed E-state index contributed by atoms with van der Waals surface area (Å²) in [5.74, 6) is -1.79. The van der Waals surface area contributed by atoms with E-state index >= 15 is 0 Å². The number of unbranched alkanes of at least 4 members (excludes halogenated alkanes) is 2. The van der Waals surface area contributed by atoms with Crippen LogP contribution in [0.5, 0.6) is 5.75 Å². The number of H-pyrrole nitrogens is 1. The van der Waals surface area contributed by atoms with Gasteiger partial charge in [-0.15, -0.1) is 6.58 Å². The molecule has 5 aliphatic rings. The van der Waals surface area contributed by atoms with Gasteiger partial charge in [-0.3, -0.25) is 23.9 Å². The number of rotatable bonds is 18. The van der Waals surface area contributed by atoms with Crippen LogP contribution in [0.4, 0.5) is 9.59 Å². The molecule has 1 aromatic carbocycles. The zero-order valence-electron chi connectivity index (χ0n) is 40.6. The van der Waals surface area contributed by atoms with Gasteiger partial charge in [0.15, 0.2) is 0 Å². The van der Waals surface area contributed by atoms with E-state index in [2.05, 4.69) is 26.9 Å². The number of benzene rings is 1. The molecule has 17 nitrogen and oxygen atoms in total. The summed E-state index contributed by atoms with van der Waals surface area (Å²) < 4.78 is 44.9. The standard InChI is InChI=1S/C50H70N6O11S/c1-9-33-21-23-50(33,44(60)54-68(63,64)49(8)24-25-49)53-42(58)37-20-15-26-56(37)43(59)40(47(2,3)4)52-45(61)66-38-28-32(38)16-11-10-12-18-35-39(34-17-13-14-19-36(34)51-41(35)57)65-30-31-22-27-55(29-31)46(62)67-48(5,6)7/h9,13-14,17,19,21,23,31-33,37-38,40H,1,10-12,15-16,18,20,22,24-30H2,2-8H3,(H,51,57)(H,52,61)(H,53,58)(H,54,60). The van der Waals surface area contributed by atoms with Crippen molar-refractivity contribution in [1.29, 1.82) is 0 Å². The minimum Gasteiger partial charge on any atom is -0.492 e. The number of hydrogen-bond acceptors (Lipinski definition) is 11. The van der Waals surface area contributed by atoms with Gasteiger partial charge in [0.05, 0.1) is 22.4 Å². The number of carbonyl (C=O) groups is 5. The first-order valence-electron chi connectivity index (χ1n) is 24.2. The summed E-state index contributed by atoms with van der Waals surface area (Å²) in [5, 5.41) is 6.39. The number of alkyl carbamates (subject to hydrolysis) is 1. The van der Waals surface area contributed by atoms with Gasteiger partial charge in [0.1, 0.15) is 35.1 Å². The van der Waals surface area contributed by atoms with Crippen molar-refractivity contribution >= 4 is 50.8 Å². The molecule has 0 radical (unpaired) electrons. The topological polar surface area (TPSA) is 223 Å². The molecule has 1 aromatic heterocycles. The second-order valence-electron chi connectivity index (χ2n) is 21.7. The Morgan fingerprint density at radius 1 is 1.01 bits per heavy atom. The second-order valence-corrected chi connectivity index (χ2v) is 23.9. The lowest BCUT2D eigenvalue weighted by atomic mass is 9.73. The number of nitrogens with one attached hydrogen (secondary N) is 4. The Hall–Kier alpha value is -5.39. The van der Waals surface area contributed by atoms with E-state index in [1.165, 1.54) is 17.1 Å². The smallest absolute Gasteiger partial charge is 0.410 e. The third-order valence-corrected chi connectivity index (χ3v) is 16.2. The number of likely N-dealkylation sites (tertiary alicyclic amines) is 2. The first kappa shape index (κ1) is 50.5. The average Bonchev–Trinajstić information content (AvgIpc) is 4.03. The zero-order valence-corrected chi connectivity index (χ0v) is 41.4. The van der Waals surface area contributed by atoms with Crippen molar-refractivity contribution in [3.05, 3.63) is 65.0 Å². The largest absolute Gasteiger partial charge is 0.492 e. The van der Waals surface area contributed by atoms with Gasteiger partial charge in [-0.05, 0) is 109 Å². The van der Waals surface area contributed by atoms with Crippen molar-refractivity contribution in [2.75, 3.05) is 26.2 Å². The number of pyridine rings is 1. The Kier molecular flexibility index (Phi) is 14.5.